The van der Waals surface area contributed by atoms with E-state index in [1.165, 1.54) is 24.2 Å². The number of halogens is 4. The molecule has 1 saturated heterocycles. The second kappa shape index (κ2) is 10.5. The average molecular weight is 545 g/mol. The minimum absolute atomic E-state index is 0.00854. The molecule has 2 amide bonds. The molecule has 0 bridgehead atoms. The first-order valence-electron chi connectivity index (χ1n) is 11.1. The lowest BCUT2D eigenvalue weighted by atomic mass is 10.1. The lowest BCUT2D eigenvalue weighted by molar-refractivity contribution is -0.141. The Hall–Kier alpha value is -4.44. The summed E-state index contributed by atoms with van der Waals surface area (Å²) in [7, 11) is 0. The number of anilines is 3. The molecule has 1 fully saturated rings. The summed E-state index contributed by atoms with van der Waals surface area (Å²) in [5.41, 5.74) is 8.21. The molecular weight excluding hydrogens is 525 g/mol. The van der Waals surface area contributed by atoms with E-state index >= 15 is 0 Å². The first-order valence-corrected chi connectivity index (χ1v) is 11.5. The van der Waals surface area contributed by atoms with Gasteiger partial charge in [0.1, 0.15) is 11.7 Å². The molecule has 38 heavy (non-hydrogen) atoms. The standard InChI is InChI=1S/C24H20ClF3N8O2/c1-13-8-16(5-6-17(13)25)35(7-3-4-20-30-11-15(29)12-31-20)22(38)18-10-21(37)34-36(18)23-32-14(2)9-19(33-23)24(26,27)28/h5-6,8-9,11-12,18H,7,10,29H2,1-2H3,(H,34,37). The van der Waals surface area contributed by atoms with Gasteiger partial charge in [-0.1, -0.05) is 17.5 Å². The van der Waals surface area contributed by atoms with E-state index in [2.05, 4.69) is 37.2 Å². The van der Waals surface area contributed by atoms with E-state index < -0.39 is 35.7 Å². The van der Waals surface area contributed by atoms with Crippen LogP contribution in [0.5, 0.6) is 0 Å². The number of carbonyl (C=O) groups is 2. The number of hydrogen-bond donors (Lipinski definition) is 2. The minimum Gasteiger partial charge on any atom is -0.396 e. The molecule has 1 aromatic carbocycles. The highest BCUT2D eigenvalue weighted by Gasteiger charge is 2.41. The van der Waals surface area contributed by atoms with Gasteiger partial charge in [0.25, 0.3) is 5.91 Å². The molecule has 14 heteroatoms. The number of nitrogens with zero attached hydrogens (tertiary/aromatic N) is 6. The minimum atomic E-state index is -4.75. The van der Waals surface area contributed by atoms with Crippen LogP contribution in [0.2, 0.25) is 5.02 Å². The van der Waals surface area contributed by atoms with Crippen molar-refractivity contribution >= 4 is 40.7 Å². The second-order valence-corrected chi connectivity index (χ2v) is 8.72. The molecule has 1 aliphatic rings. The van der Waals surface area contributed by atoms with Crippen LogP contribution in [0.4, 0.5) is 30.5 Å². The van der Waals surface area contributed by atoms with Gasteiger partial charge < -0.3 is 5.73 Å². The number of hydrogen-bond acceptors (Lipinski definition) is 8. The van der Waals surface area contributed by atoms with Gasteiger partial charge in [0.15, 0.2) is 0 Å². The normalized spacial score (nSPS) is 15.1. The first-order chi connectivity index (χ1) is 17.9. The number of benzene rings is 1. The van der Waals surface area contributed by atoms with Crippen molar-refractivity contribution in [3.8, 4) is 11.8 Å². The SMILES string of the molecule is Cc1cc(C(F)(F)F)nc(N2NC(=O)CC2C(=O)N(CC#Cc2ncc(N)cn2)c2ccc(Cl)c(C)c2)n1. The number of nitrogens with two attached hydrogens (primary N) is 1. The average Bonchev–Trinajstić information content (AvgIpc) is 3.25. The summed E-state index contributed by atoms with van der Waals surface area (Å²) < 4.78 is 40.1. The van der Waals surface area contributed by atoms with Crippen molar-refractivity contribution < 1.29 is 22.8 Å². The van der Waals surface area contributed by atoms with E-state index in [9.17, 15) is 22.8 Å². The maximum Gasteiger partial charge on any atom is 0.433 e. The van der Waals surface area contributed by atoms with Crippen LogP contribution in [0.25, 0.3) is 0 Å². The quantitative estimate of drug-likeness (QED) is 0.480. The van der Waals surface area contributed by atoms with Gasteiger partial charge in [-0.05, 0) is 49.6 Å². The summed E-state index contributed by atoms with van der Waals surface area (Å²) in [6.07, 6.45) is -2.33. The van der Waals surface area contributed by atoms with E-state index in [0.29, 0.717) is 22.0 Å². The Morgan fingerprint density at radius 2 is 1.95 bits per heavy atom. The van der Waals surface area contributed by atoms with Crippen molar-refractivity contribution in [3.63, 3.8) is 0 Å². The zero-order chi connectivity index (χ0) is 27.6. The lowest BCUT2D eigenvalue weighted by Crippen LogP contribution is -2.50. The molecule has 3 N–H and O–H groups in total. The van der Waals surface area contributed by atoms with Crippen molar-refractivity contribution in [3.05, 3.63) is 64.5 Å². The monoisotopic (exact) mass is 544 g/mol. The molecule has 196 valence electrons. The zero-order valence-corrected chi connectivity index (χ0v) is 20.8. The van der Waals surface area contributed by atoms with Gasteiger partial charge in [-0.15, -0.1) is 0 Å². The maximum absolute atomic E-state index is 13.8. The van der Waals surface area contributed by atoms with Crippen LogP contribution in [0, 0.1) is 25.7 Å². The predicted octanol–water partition coefficient (Wildman–Crippen LogP) is 2.83. The number of aromatic nitrogens is 4. The Bertz CT molecular complexity index is 1450. The van der Waals surface area contributed by atoms with Crippen LogP contribution >= 0.6 is 11.6 Å². The summed E-state index contributed by atoms with van der Waals surface area (Å²) in [6, 6.07) is 4.36. The van der Waals surface area contributed by atoms with Crippen LogP contribution in [0.3, 0.4) is 0 Å². The molecular formula is C24H20ClF3N8O2. The molecule has 0 spiro atoms. The molecule has 3 aromatic rings. The van der Waals surface area contributed by atoms with Crippen LogP contribution in [-0.4, -0.2) is 44.3 Å². The zero-order valence-electron chi connectivity index (χ0n) is 20.0. The fourth-order valence-corrected chi connectivity index (χ4v) is 3.71. The third kappa shape index (κ3) is 5.92. The van der Waals surface area contributed by atoms with E-state index in [4.69, 9.17) is 17.3 Å². The number of aryl methyl sites for hydroxylation is 2. The topological polar surface area (TPSA) is 130 Å². The van der Waals surface area contributed by atoms with Crippen molar-refractivity contribution in [2.24, 2.45) is 0 Å². The Morgan fingerprint density at radius 1 is 1.24 bits per heavy atom. The number of carbonyl (C=O) groups excluding carboxylic acids is 2. The largest absolute Gasteiger partial charge is 0.433 e. The van der Waals surface area contributed by atoms with E-state index in [1.807, 2.05) is 0 Å². The second-order valence-electron chi connectivity index (χ2n) is 8.32. The molecule has 0 saturated carbocycles. The number of alkyl halides is 3. The fourth-order valence-electron chi connectivity index (χ4n) is 3.59. The Kier molecular flexibility index (Phi) is 7.36. The molecule has 4 rings (SSSR count). The number of nitrogens with one attached hydrogen (secondary N) is 1. The summed E-state index contributed by atoms with van der Waals surface area (Å²) in [5, 5.41) is 1.41. The van der Waals surface area contributed by atoms with Crippen LogP contribution < -0.4 is 21.1 Å². The van der Waals surface area contributed by atoms with Crippen LogP contribution in [0.15, 0.2) is 36.7 Å². The van der Waals surface area contributed by atoms with Crippen LogP contribution in [-0.2, 0) is 15.8 Å². The van der Waals surface area contributed by atoms with Gasteiger partial charge in [0, 0.05) is 16.4 Å². The van der Waals surface area contributed by atoms with Gasteiger partial charge in [0.2, 0.25) is 17.7 Å². The number of nitrogen functional groups attached to an aromatic ring is 1. The highest BCUT2D eigenvalue weighted by Crippen LogP contribution is 2.31. The summed E-state index contributed by atoms with van der Waals surface area (Å²) in [4.78, 5) is 43.0. The van der Waals surface area contributed by atoms with Gasteiger partial charge in [-0.2, -0.15) is 13.2 Å². The number of amides is 2. The van der Waals surface area contributed by atoms with Crippen molar-refractivity contribution in [2.75, 3.05) is 22.2 Å². The molecule has 1 unspecified atom stereocenters. The smallest absolute Gasteiger partial charge is 0.396 e. The van der Waals surface area contributed by atoms with E-state index in [1.54, 1.807) is 25.1 Å². The van der Waals surface area contributed by atoms with E-state index in [-0.39, 0.29) is 24.5 Å². The molecule has 10 nitrogen and oxygen atoms in total. The van der Waals surface area contributed by atoms with Gasteiger partial charge in [-0.3, -0.25) is 19.9 Å². The third-order valence-electron chi connectivity index (χ3n) is 5.40. The molecule has 3 heterocycles. The van der Waals surface area contributed by atoms with Crippen molar-refractivity contribution in [1.82, 2.24) is 25.4 Å². The Morgan fingerprint density at radius 3 is 2.61 bits per heavy atom. The number of hydrazine groups is 1. The third-order valence-corrected chi connectivity index (χ3v) is 5.82. The van der Waals surface area contributed by atoms with Gasteiger partial charge in [0.05, 0.1) is 31.0 Å². The molecule has 0 radical (unpaired) electrons. The molecule has 1 aliphatic heterocycles. The maximum atomic E-state index is 13.8. The highest BCUT2D eigenvalue weighted by molar-refractivity contribution is 6.31. The lowest BCUT2D eigenvalue weighted by Gasteiger charge is -2.29. The number of rotatable bonds is 4. The summed E-state index contributed by atoms with van der Waals surface area (Å²) >= 11 is 6.15. The van der Waals surface area contributed by atoms with Crippen molar-refractivity contribution in [2.45, 2.75) is 32.5 Å². The van der Waals surface area contributed by atoms with Crippen LogP contribution in [0.1, 0.15) is 29.2 Å². The predicted molar refractivity (Wildman–Crippen MR) is 133 cm³/mol. The van der Waals surface area contributed by atoms with Gasteiger partial charge in [-0.25, -0.2) is 24.9 Å². The van der Waals surface area contributed by atoms with Gasteiger partial charge >= 0.3 is 6.18 Å². The Balaban J connectivity index is 1.70. The molecule has 0 aliphatic carbocycles. The highest BCUT2D eigenvalue weighted by atomic mass is 35.5. The Labute approximate surface area is 220 Å². The molecule has 2 aromatic heterocycles. The van der Waals surface area contributed by atoms with Crippen molar-refractivity contribution in [1.29, 1.82) is 0 Å². The summed E-state index contributed by atoms with van der Waals surface area (Å²) in [5.74, 6) is 4.04. The fraction of sp³-hybridized carbons (Fsp3) is 0.250. The van der Waals surface area contributed by atoms with E-state index in [0.717, 1.165) is 11.1 Å². The first kappa shape index (κ1) is 26.6. The summed E-state index contributed by atoms with van der Waals surface area (Å²) in [6.45, 7) is 2.94. The molecule has 1 atom stereocenters.